The highest BCUT2D eigenvalue weighted by molar-refractivity contribution is 8.01. The van der Waals surface area contributed by atoms with Crippen LogP contribution in [-0.4, -0.2) is 21.3 Å². The average Bonchev–Trinajstić information content (AvgIpc) is 2.69. The van der Waals surface area contributed by atoms with Crippen LogP contribution < -0.4 is 14.2 Å². The van der Waals surface area contributed by atoms with Crippen molar-refractivity contribution in [2.45, 2.75) is 5.75 Å². The number of methoxy groups -OCH3 is 3. The van der Waals surface area contributed by atoms with Gasteiger partial charge in [0.15, 0.2) is 23.3 Å². The number of hydrogen-bond donors (Lipinski definition) is 0. The molecule has 0 saturated carbocycles. The van der Waals surface area contributed by atoms with Gasteiger partial charge < -0.3 is 14.2 Å². The van der Waals surface area contributed by atoms with Crippen molar-refractivity contribution < 1.29 is 36.2 Å². The fraction of sp³-hybridized carbons (Fsp3) is 0.222. The van der Waals surface area contributed by atoms with E-state index in [1.54, 1.807) is 12.1 Å². The molecule has 0 aliphatic heterocycles. The Balaban J connectivity index is 2.25. The van der Waals surface area contributed by atoms with E-state index in [0.717, 1.165) is 17.8 Å². The molecule has 0 aromatic heterocycles. The van der Waals surface area contributed by atoms with Gasteiger partial charge in [0.05, 0.1) is 26.9 Å². The summed E-state index contributed by atoms with van der Waals surface area (Å²) in [5.41, 5.74) is -0.375. The van der Waals surface area contributed by atoms with Crippen molar-refractivity contribution in [2.24, 2.45) is 0 Å². The first-order valence-corrected chi connectivity index (χ1v) is 8.49. The van der Waals surface area contributed by atoms with Gasteiger partial charge in [-0.25, -0.2) is 22.0 Å². The highest BCUT2D eigenvalue weighted by Crippen LogP contribution is 2.37. The number of ether oxygens (including phenoxy) is 3. The Labute approximate surface area is 156 Å². The van der Waals surface area contributed by atoms with Crippen molar-refractivity contribution in [3.63, 3.8) is 0 Å². The van der Waals surface area contributed by atoms with Gasteiger partial charge >= 0.3 is 0 Å². The summed E-state index contributed by atoms with van der Waals surface area (Å²) in [5.74, 6) is -8.26. The van der Waals surface area contributed by atoms with Gasteiger partial charge in [0.1, 0.15) is 17.2 Å². The predicted molar refractivity (Wildman–Crippen MR) is 92.7 cm³/mol. The summed E-state index contributed by atoms with van der Waals surface area (Å²) in [5, 5.41) is 1.22. The van der Waals surface area contributed by atoms with E-state index < -0.39 is 34.6 Å². The quantitative estimate of drug-likeness (QED) is 0.354. The predicted octanol–water partition coefficient (Wildman–Crippen LogP) is 5.31. The lowest BCUT2D eigenvalue weighted by Crippen LogP contribution is -2.03. The third-order valence-electron chi connectivity index (χ3n) is 3.62. The van der Waals surface area contributed by atoms with Crippen molar-refractivity contribution >= 4 is 17.8 Å². The molecule has 0 aliphatic carbocycles. The van der Waals surface area contributed by atoms with Crippen LogP contribution in [0.25, 0.3) is 6.08 Å². The van der Waals surface area contributed by atoms with Gasteiger partial charge in [-0.2, -0.15) is 0 Å². The lowest BCUT2D eigenvalue weighted by molar-refractivity contribution is 0.371. The van der Waals surface area contributed by atoms with Gasteiger partial charge in [-0.15, -0.1) is 11.8 Å². The van der Waals surface area contributed by atoms with Crippen molar-refractivity contribution in [1.29, 1.82) is 0 Å². The topological polar surface area (TPSA) is 27.7 Å². The van der Waals surface area contributed by atoms with Gasteiger partial charge in [-0.3, -0.25) is 0 Å². The second kappa shape index (κ2) is 8.98. The minimum absolute atomic E-state index is 0.252. The molecular formula is C18H15F5O3S. The Hall–Kier alpha value is -2.42. The molecule has 0 saturated heterocycles. The van der Waals surface area contributed by atoms with Gasteiger partial charge in [0.25, 0.3) is 0 Å². The standard InChI is InChI=1S/C18H15F5O3S/c1-24-9-6-12(25-2)11(13(7-9)26-3)8-27-5-4-10-14(19)16(21)18(23)17(22)15(10)20/h4-7H,8H2,1-3H3. The molecule has 0 amide bonds. The number of thioether (sulfide) groups is 1. The van der Waals surface area contributed by atoms with Crippen LogP contribution in [0.3, 0.4) is 0 Å². The Morgan fingerprint density at radius 2 is 1.26 bits per heavy atom. The van der Waals surface area contributed by atoms with Gasteiger partial charge in [0.2, 0.25) is 5.82 Å². The summed E-state index contributed by atoms with van der Waals surface area (Å²) in [6.07, 6.45) is 0.823. The van der Waals surface area contributed by atoms with Crippen LogP contribution in [0.4, 0.5) is 22.0 Å². The Morgan fingerprint density at radius 3 is 1.70 bits per heavy atom. The van der Waals surface area contributed by atoms with E-state index in [1.165, 1.54) is 26.7 Å². The normalized spacial score (nSPS) is 11.1. The second-order valence-electron chi connectivity index (χ2n) is 5.11. The fourth-order valence-corrected chi connectivity index (χ4v) is 3.02. The minimum Gasteiger partial charge on any atom is -0.496 e. The van der Waals surface area contributed by atoms with Crippen LogP contribution in [0.15, 0.2) is 17.5 Å². The monoisotopic (exact) mass is 406 g/mol. The molecule has 0 unspecified atom stereocenters. The molecule has 27 heavy (non-hydrogen) atoms. The fourth-order valence-electron chi connectivity index (χ4n) is 2.24. The first kappa shape index (κ1) is 20.9. The molecule has 0 N–H and O–H groups in total. The van der Waals surface area contributed by atoms with E-state index in [9.17, 15) is 22.0 Å². The molecule has 2 aromatic rings. The maximum absolute atomic E-state index is 13.6. The molecule has 2 rings (SSSR count). The Morgan fingerprint density at radius 1 is 0.778 bits per heavy atom. The zero-order chi connectivity index (χ0) is 20.1. The Bertz CT molecular complexity index is 817. The van der Waals surface area contributed by atoms with E-state index in [0.29, 0.717) is 22.8 Å². The van der Waals surface area contributed by atoms with E-state index >= 15 is 0 Å². The summed E-state index contributed by atoms with van der Waals surface area (Å²) in [6, 6.07) is 3.26. The maximum atomic E-state index is 13.6. The molecule has 0 fully saturated rings. The highest BCUT2D eigenvalue weighted by Gasteiger charge is 2.24. The lowest BCUT2D eigenvalue weighted by atomic mass is 10.1. The number of halogens is 5. The molecule has 0 atom stereocenters. The van der Waals surface area contributed by atoms with Crippen molar-refractivity contribution in [1.82, 2.24) is 0 Å². The molecule has 3 nitrogen and oxygen atoms in total. The molecular weight excluding hydrogens is 391 g/mol. The molecule has 9 heteroatoms. The maximum Gasteiger partial charge on any atom is 0.200 e. The SMILES string of the molecule is COc1cc(OC)c(CSC=Cc2c(F)c(F)c(F)c(F)c2F)c(OC)c1. The number of benzene rings is 2. The third-order valence-corrected chi connectivity index (χ3v) is 4.40. The molecule has 2 aromatic carbocycles. The summed E-state index contributed by atoms with van der Waals surface area (Å²) >= 11 is 1.05. The van der Waals surface area contributed by atoms with Crippen LogP contribution in [0.1, 0.15) is 11.1 Å². The van der Waals surface area contributed by atoms with Crippen LogP contribution in [-0.2, 0) is 5.75 Å². The molecule has 0 radical (unpaired) electrons. The minimum atomic E-state index is -2.19. The lowest BCUT2D eigenvalue weighted by Gasteiger charge is -2.14. The van der Waals surface area contributed by atoms with Crippen LogP contribution in [0.2, 0.25) is 0 Å². The van der Waals surface area contributed by atoms with E-state index in [2.05, 4.69) is 0 Å². The molecule has 0 heterocycles. The Kier molecular flexibility index (Phi) is 6.95. The van der Waals surface area contributed by atoms with Crippen molar-refractivity contribution in [2.75, 3.05) is 21.3 Å². The number of rotatable bonds is 7. The molecule has 0 aliphatic rings. The zero-order valence-electron chi connectivity index (χ0n) is 14.5. The zero-order valence-corrected chi connectivity index (χ0v) is 15.4. The van der Waals surface area contributed by atoms with Crippen molar-refractivity contribution in [3.8, 4) is 17.2 Å². The van der Waals surface area contributed by atoms with Gasteiger partial charge in [0, 0.05) is 23.4 Å². The average molecular weight is 406 g/mol. The van der Waals surface area contributed by atoms with Crippen LogP contribution >= 0.6 is 11.8 Å². The molecule has 146 valence electrons. The smallest absolute Gasteiger partial charge is 0.200 e. The molecule has 0 bridgehead atoms. The highest BCUT2D eigenvalue weighted by atomic mass is 32.2. The summed E-state index contributed by atoms with van der Waals surface area (Å²) in [6.45, 7) is 0. The van der Waals surface area contributed by atoms with Gasteiger partial charge in [-0.1, -0.05) is 0 Å². The first-order chi connectivity index (χ1) is 12.8. The second-order valence-corrected chi connectivity index (χ2v) is 6.00. The van der Waals surface area contributed by atoms with Crippen LogP contribution in [0.5, 0.6) is 17.2 Å². The van der Waals surface area contributed by atoms with Crippen molar-refractivity contribution in [3.05, 3.63) is 57.8 Å². The molecule has 0 spiro atoms. The summed E-state index contributed by atoms with van der Waals surface area (Å²) in [7, 11) is 4.38. The number of hydrogen-bond acceptors (Lipinski definition) is 4. The first-order valence-electron chi connectivity index (χ1n) is 7.44. The van der Waals surface area contributed by atoms with Gasteiger partial charge in [-0.05, 0) is 11.5 Å². The van der Waals surface area contributed by atoms with E-state index in [4.69, 9.17) is 14.2 Å². The largest absolute Gasteiger partial charge is 0.496 e. The summed E-state index contributed by atoms with van der Waals surface area (Å²) in [4.78, 5) is 0. The summed E-state index contributed by atoms with van der Waals surface area (Å²) < 4.78 is 82.4. The van der Waals surface area contributed by atoms with Crippen LogP contribution in [0, 0.1) is 29.1 Å². The van der Waals surface area contributed by atoms with E-state index in [1.807, 2.05) is 0 Å². The van der Waals surface area contributed by atoms with E-state index in [-0.39, 0.29) is 5.75 Å². The third kappa shape index (κ3) is 4.29.